The summed E-state index contributed by atoms with van der Waals surface area (Å²) >= 11 is 6.02. The van der Waals surface area contributed by atoms with Crippen LogP contribution in [0.1, 0.15) is 39.7 Å². The van der Waals surface area contributed by atoms with Crippen LogP contribution in [0.15, 0.2) is 12.4 Å². The Morgan fingerprint density at radius 1 is 1.39 bits per heavy atom. The number of likely N-dealkylation sites (tertiary alicyclic amines) is 1. The summed E-state index contributed by atoms with van der Waals surface area (Å²) in [7, 11) is 0. The van der Waals surface area contributed by atoms with E-state index in [0.717, 1.165) is 25.9 Å². The highest BCUT2D eigenvalue weighted by molar-refractivity contribution is 6.28. The second-order valence-corrected chi connectivity index (χ2v) is 6.21. The summed E-state index contributed by atoms with van der Waals surface area (Å²) in [5.74, 6) is 0.234. The monoisotopic (exact) mass is 269 g/mol. The van der Waals surface area contributed by atoms with Crippen molar-refractivity contribution < 1.29 is 4.79 Å². The summed E-state index contributed by atoms with van der Waals surface area (Å²) in [5.41, 5.74) is -0.292. The number of nitrogens with zero attached hydrogens (tertiary/aromatic N) is 3. The van der Waals surface area contributed by atoms with E-state index in [9.17, 15) is 4.79 Å². The van der Waals surface area contributed by atoms with Crippen LogP contribution in [-0.4, -0.2) is 33.4 Å². The van der Waals surface area contributed by atoms with E-state index in [-0.39, 0.29) is 11.3 Å². The van der Waals surface area contributed by atoms with Crippen molar-refractivity contribution in [3.8, 4) is 0 Å². The fraction of sp³-hybridized carbons (Fsp3) is 0.692. The second-order valence-electron chi connectivity index (χ2n) is 5.88. The van der Waals surface area contributed by atoms with Gasteiger partial charge in [-0.05, 0) is 24.4 Å². The molecular formula is C13H20ClN3O. The average molecular weight is 270 g/mol. The van der Waals surface area contributed by atoms with Gasteiger partial charge in [0.2, 0.25) is 11.2 Å². The second kappa shape index (κ2) is 4.92. The highest BCUT2D eigenvalue weighted by Gasteiger charge is 2.30. The molecule has 1 amide bonds. The molecule has 18 heavy (non-hydrogen) atoms. The molecule has 0 aliphatic carbocycles. The van der Waals surface area contributed by atoms with E-state index in [1.807, 2.05) is 36.4 Å². The molecule has 0 atom stereocenters. The molecule has 0 N–H and O–H groups in total. The summed E-state index contributed by atoms with van der Waals surface area (Å²) in [6, 6.07) is 0.365. The van der Waals surface area contributed by atoms with E-state index in [1.165, 1.54) is 0 Å². The van der Waals surface area contributed by atoms with Gasteiger partial charge in [0.1, 0.15) is 0 Å². The van der Waals surface area contributed by atoms with Crippen LogP contribution in [0.3, 0.4) is 0 Å². The number of piperidine rings is 1. The minimum atomic E-state index is -0.292. The highest BCUT2D eigenvalue weighted by atomic mass is 35.5. The Labute approximate surface area is 113 Å². The molecule has 5 heteroatoms. The minimum absolute atomic E-state index is 0.234. The normalized spacial score (nSPS) is 18.1. The molecule has 1 aromatic heterocycles. The van der Waals surface area contributed by atoms with E-state index >= 15 is 0 Å². The van der Waals surface area contributed by atoms with Crippen molar-refractivity contribution in [1.82, 2.24) is 14.5 Å². The van der Waals surface area contributed by atoms with E-state index in [0.29, 0.717) is 11.3 Å². The van der Waals surface area contributed by atoms with Crippen LogP contribution < -0.4 is 0 Å². The number of hydrogen-bond donors (Lipinski definition) is 0. The van der Waals surface area contributed by atoms with Crippen LogP contribution >= 0.6 is 11.6 Å². The maximum absolute atomic E-state index is 12.2. The topological polar surface area (TPSA) is 38.1 Å². The van der Waals surface area contributed by atoms with Crippen molar-refractivity contribution in [2.75, 3.05) is 13.1 Å². The summed E-state index contributed by atoms with van der Waals surface area (Å²) < 4.78 is 2.00. The van der Waals surface area contributed by atoms with Gasteiger partial charge in [-0.3, -0.25) is 4.79 Å². The van der Waals surface area contributed by atoms with Crippen molar-refractivity contribution in [1.29, 1.82) is 0 Å². The van der Waals surface area contributed by atoms with Gasteiger partial charge in [-0.25, -0.2) is 4.98 Å². The molecule has 1 fully saturated rings. The molecule has 0 spiro atoms. The fourth-order valence-corrected chi connectivity index (χ4v) is 2.64. The first-order chi connectivity index (χ1) is 8.39. The summed E-state index contributed by atoms with van der Waals surface area (Å²) in [5, 5.41) is 0.538. The van der Waals surface area contributed by atoms with Crippen LogP contribution in [0, 0.1) is 5.41 Å². The Morgan fingerprint density at radius 3 is 2.44 bits per heavy atom. The molecule has 0 unspecified atom stereocenters. The maximum Gasteiger partial charge on any atom is 0.227 e. The van der Waals surface area contributed by atoms with Crippen LogP contribution in [0.4, 0.5) is 0 Å². The Morgan fingerprint density at radius 2 is 2.00 bits per heavy atom. The smallest absolute Gasteiger partial charge is 0.227 e. The Balaban J connectivity index is 1.97. The molecule has 100 valence electrons. The van der Waals surface area contributed by atoms with Crippen LogP contribution in [0.2, 0.25) is 5.28 Å². The molecule has 2 heterocycles. The Kier molecular flexibility index (Phi) is 3.66. The molecule has 4 nitrogen and oxygen atoms in total. The molecule has 2 rings (SSSR count). The lowest BCUT2D eigenvalue weighted by Crippen LogP contribution is -2.44. The lowest BCUT2D eigenvalue weighted by Gasteiger charge is -2.36. The van der Waals surface area contributed by atoms with Crippen molar-refractivity contribution in [3.05, 3.63) is 17.7 Å². The Bertz CT molecular complexity index is 428. The maximum atomic E-state index is 12.2. The standard InChI is InChI=1S/C13H20ClN3O/c1-13(2,3)11(18)16-7-4-10(5-8-16)17-9-6-15-12(17)14/h6,9-10H,4-5,7-8H2,1-3H3. The quantitative estimate of drug-likeness (QED) is 0.786. The van der Waals surface area contributed by atoms with Crippen LogP contribution in [0.25, 0.3) is 0 Å². The molecule has 1 saturated heterocycles. The van der Waals surface area contributed by atoms with Gasteiger partial charge in [-0.15, -0.1) is 0 Å². The number of halogens is 1. The molecule has 0 radical (unpaired) electrons. The molecule has 0 saturated carbocycles. The predicted octanol–water partition coefficient (Wildman–Crippen LogP) is 2.75. The van der Waals surface area contributed by atoms with Gasteiger partial charge >= 0.3 is 0 Å². The molecule has 0 bridgehead atoms. The summed E-state index contributed by atoms with van der Waals surface area (Å²) in [4.78, 5) is 18.2. The van der Waals surface area contributed by atoms with Gasteiger partial charge in [-0.2, -0.15) is 0 Å². The summed E-state index contributed by atoms with van der Waals surface area (Å²) in [6.45, 7) is 7.50. The number of rotatable bonds is 1. The third kappa shape index (κ3) is 2.69. The van der Waals surface area contributed by atoms with Gasteiger partial charge in [0, 0.05) is 36.9 Å². The number of aromatic nitrogens is 2. The van der Waals surface area contributed by atoms with Crippen LogP contribution in [0.5, 0.6) is 0 Å². The van der Waals surface area contributed by atoms with Crippen molar-refractivity contribution in [2.45, 2.75) is 39.7 Å². The third-order valence-electron chi connectivity index (χ3n) is 3.41. The molecule has 1 aromatic rings. The minimum Gasteiger partial charge on any atom is -0.342 e. The SMILES string of the molecule is CC(C)(C)C(=O)N1CCC(n2ccnc2Cl)CC1. The number of imidazole rings is 1. The lowest BCUT2D eigenvalue weighted by molar-refractivity contribution is -0.140. The zero-order chi connectivity index (χ0) is 13.3. The van der Waals surface area contributed by atoms with Gasteiger partial charge in [0.05, 0.1) is 0 Å². The number of carbonyl (C=O) groups excluding carboxylic acids is 1. The zero-order valence-corrected chi connectivity index (χ0v) is 11.9. The van der Waals surface area contributed by atoms with E-state index in [1.54, 1.807) is 6.20 Å². The number of carbonyl (C=O) groups is 1. The van der Waals surface area contributed by atoms with Crippen molar-refractivity contribution in [2.24, 2.45) is 5.41 Å². The van der Waals surface area contributed by atoms with Crippen LogP contribution in [-0.2, 0) is 4.79 Å². The predicted molar refractivity (Wildman–Crippen MR) is 71.5 cm³/mol. The van der Waals surface area contributed by atoms with Gasteiger partial charge < -0.3 is 9.47 Å². The number of hydrogen-bond acceptors (Lipinski definition) is 2. The fourth-order valence-electron chi connectivity index (χ4n) is 2.39. The molecule has 0 aromatic carbocycles. The van der Waals surface area contributed by atoms with Crippen molar-refractivity contribution >= 4 is 17.5 Å². The molecule has 1 aliphatic heterocycles. The van der Waals surface area contributed by atoms with Crippen molar-refractivity contribution in [3.63, 3.8) is 0 Å². The molecule has 1 aliphatic rings. The van der Waals surface area contributed by atoms with Gasteiger partial charge in [0.15, 0.2) is 0 Å². The number of amides is 1. The summed E-state index contributed by atoms with van der Waals surface area (Å²) in [6.07, 6.45) is 5.51. The largest absolute Gasteiger partial charge is 0.342 e. The molecular weight excluding hydrogens is 250 g/mol. The lowest BCUT2D eigenvalue weighted by atomic mass is 9.93. The highest BCUT2D eigenvalue weighted by Crippen LogP contribution is 2.28. The van der Waals surface area contributed by atoms with E-state index in [2.05, 4.69) is 4.98 Å². The average Bonchev–Trinajstić information content (AvgIpc) is 2.73. The first kappa shape index (κ1) is 13.4. The Hall–Kier alpha value is -1.03. The van der Waals surface area contributed by atoms with E-state index < -0.39 is 0 Å². The first-order valence-corrected chi connectivity index (χ1v) is 6.75. The zero-order valence-electron chi connectivity index (χ0n) is 11.2. The third-order valence-corrected chi connectivity index (χ3v) is 3.70. The van der Waals surface area contributed by atoms with E-state index in [4.69, 9.17) is 11.6 Å². The first-order valence-electron chi connectivity index (χ1n) is 6.37. The van der Waals surface area contributed by atoms with Gasteiger partial charge in [0.25, 0.3) is 0 Å². The van der Waals surface area contributed by atoms with Gasteiger partial charge in [-0.1, -0.05) is 20.8 Å².